The monoisotopic (exact) mass is 298 g/mol. The molecule has 0 radical (unpaired) electrons. The first-order valence-corrected chi connectivity index (χ1v) is 8.65. The molecule has 1 aliphatic carbocycles. The van der Waals surface area contributed by atoms with Crippen LogP contribution in [0.15, 0.2) is 23.1 Å². The SMILES string of the molecule is CN(CCOCC1CC1)c1ccc(S(C)(=O)=O)cc1N. The van der Waals surface area contributed by atoms with Gasteiger partial charge in [0.1, 0.15) is 0 Å². The molecule has 0 unspecified atom stereocenters. The summed E-state index contributed by atoms with van der Waals surface area (Å²) in [7, 11) is -1.29. The highest BCUT2D eigenvalue weighted by Gasteiger charge is 2.21. The molecule has 2 rings (SSSR count). The number of nitrogens with two attached hydrogens (primary N) is 1. The molecular weight excluding hydrogens is 276 g/mol. The molecule has 0 atom stereocenters. The molecule has 112 valence electrons. The van der Waals surface area contributed by atoms with Crippen LogP contribution in [0.5, 0.6) is 0 Å². The minimum absolute atomic E-state index is 0.247. The highest BCUT2D eigenvalue weighted by Crippen LogP contribution is 2.29. The van der Waals surface area contributed by atoms with Crippen molar-refractivity contribution in [1.82, 2.24) is 0 Å². The largest absolute Gasteiger partial charge is 0.397 e. The van der Waals surface area contributed by atoms with Crippen LogP contribution in [0, 0.1) is 5.92 Å². The van der Waals surface area contributed by atoms with Gasteiger partial charge in [-0.25, -0.2) is 8.42 Å². The summed E-state index contributed by atoms with van der Waals surface area (Å²) in [5.41, 5.74) is 7.23. The van der Waals surface area contributed by atoms with Crippen molar-refractivity contribution in [2.75, 3.05) is 43.7 Å². The molecule has 5 nitrogen and oxygen atoms in total. The number of hydrogen-bond acceptors (Lipinski definition) is 5. The van der Waals surface area contributed by atoms with Crippen LogP contribution in [0.1, 0.15) is 12.8 Å². The topological polar surface area (TPSA) is 72.6 Å². The highest BCUT2D eigenvalue weighted by molar-refractivity contribution is 7.90. The predicted molar refractivity (Wildman–Crippen MR) is 80.8 cm³/mol. The molecule has 0 saturated heterocycles. The van der Waals surface area contributed by atoms with Gasteiger partial charge in [-0.3, -0.25) is 0 Å². The molecule has 0 spiro atoms. The van der Waals surface area contributed by atoms with Crippen LogP contribution in [0.4, 0.5) is 11.4 Å². The molecule has 0 bridgehead atoms. The minimum Gasteiger partial charge on any atom is -0.397 e. The minimum atomic E-state index is -3.21. The number of nitrogens with zero attached hydrogens (tertiary/aromatic N) is 1. The van der Waals surface area contributed by atoms with Crippen LogP contribution in [-0.4, -0.2) is 41.5 Å². The fourth-order valence-electron chi connectivity index (χ4n) is 1.97. The van der Waals surface area contributed by atoms with Crippen LogP contribution in [-0.2, 0) is 14.6 Å². The predicted octanol–water partition coefficient (Wildman–Crippen LogP) is 1.54. The smallest absolute Gasteiger partial charge is 0.175 e. The second kappa shape index (κ2) is 6.01. The van der Waals surface area contributed by atoms with Crippen molar-refractivity contribution < 1.29 is 13.2 Å². The molecule has 20 heavy (non-hydrogen) atoms. The summed E-state index contributed by atoms with van der Waals surface area (Å²) in [6, 6.07) is 4.83. The second-order valence-corrected chi connectivity index (χ2v) is 7.45. The van der Waals surface area contributed by atoms with Crippen molar-refractivity contribution in [3.05, 3.63) is 18.2 Å². The summed E-state index contributed by atoms with van der Waals surface area (Å²) in [6.45, 7) is 2.23. The van der Waals surface area contributed by atoms with Crippen molar-refractivity contribution in [2.45, 2.75) is 17.7 Å². The van der Waals surface area contributed by atoms with Gasteiger partial charge < -0.3 is 15.4 Å². The van der Waals surface area contributed by atoms with Crippen LogP contribution in [0.3, 0.4) is 0 Å². The van der Waals surface area contributed by atoms with Gasteiger partial charge in [0.15, 0.2) is 9.84 Å². The third-order valence-corrected chi connectivity index (χ3v) is 4.57. The van der Waals surface area contributed by atoms with Crippen molar-refractivity contribution in [2.24, 2.45) is 5.92 Å². The van der Waals surface area contributed by atoms with Crippen molar-refractivity contribution in [3.8, 4) is 0 Å². The van der Waals surface area contributed by atoms with E-state index in [1.165, 1.54) is 25.2 Å². The number of likely N-dealkylation sites (N-methyl/N-ethyl adjacent to an activating group) is 1. The van der Waals surface area contributed by atoms with E-state index < -0.39 is 9.84 Å². The summed E-state index contributed by atoms with van der Waals surface area (Å²) in [4.78, 5) is 2.23. The van der Waals surface area contributed by atoms with Gasteiger partial charge in [0, 0.05) is 26.5 Å². The third kappa shape index (κ3) is 4.11. The van der Waals surface area contributed by atoms with E-state index in [9.17, 15) is 8.42 Å². The average molecular weight is 298 g/mol. The molecule has 0 aliphatic heterocycles. The van der Waals surface area contributed by atoms with E-state index in [1.807, 2.05) is 11.9 Å². The Kier molecular flexibility index (Phi) is 4.55. The van der Waals surface area contributed by atoms with Crippen molar-refractivity contribution in [1.29, 1.82) is 0 Å². The first kappa shape index (κ1) is 15.1. The maximum atomic E-state index is 11.5. The fraction of sp³-hybridized carbons (Fsp3) is 0.571. The molecule has 1 saturated carbocycles. The van der Waals surface area contributed by atoms with Gasteiger partial charge in [-0.05, 0) is 37.0 Å². The zero-order valence-corrected chi connectivity index (χ0v) is 12.8. The maximum Gasteiger partial charge on any atom is 0.175 e. The summed E-state index contributed by atoms with van der Waals surface area (Å²) in [5.74, 6) is 0.763. The fourth-order valence-corrected chi connectivity index (χ4v) is 2.62. The summed E-state index contributed by atoms with van der Waals surface area (Å²) in [5, 5.41) is 0. The van der Waals surface area contributed by atoms with E-state index in [2.05, 4.69) is 0 Å². The van der Waals surface area contributed by atoms with Crippen LogP contribution in [0.2, 0.25) is 0 Å². The summed E-state index contributed by atoms with van der Waals surface area (Å²) in [6.07, 6.45) is 3.75. The zero-order valence-electron chi connectivity index (χ0n) is 12.0. The van der Waals surface area contributed by atoms with E-state index in [1.54, 1.807) is 12.1 Å². The Morgan fingerprint density at radius 3 is 2.65 bits per heavy atom. The van der Waals surface area contributed by atoms with Gasteiger partial charge in [0.25, 0.3) is 0 Å². The standard InChI is InChI=1S/C14H22N2O3S/c1-16(7-8-19-10-11-3-4-11)14-6-5-12(9-13(14)15)20(2,17)18/h5-6,9,11H,3-4,7-8,10,15H2,1-2H3. The maximum absolute atomic E-state index is 11.5. The van der Waals surface area contributed by atoms with Crippen LogP contribution in [0.25, 0.3) is 0 Å². The van der Waals surface area contributed by atoms with Crippen LogP contribution >= 0.6 is 0 Å². The lowest BCUT2D eigenvalue weighted by Gasteiger charge is -2.21. The number of ether oxygens (including phenoxy) is 1. The quantitative estimate of drug-likeness (QED) is 0.610. The van der Waals surface area contributed by atoms with Gasteiger partial charge in [0.2, 0.25) is 0 Å². The van der Waals surface area contributed by atoms with Gasteiger partial charge in [-0.15, -0.1) is 0 Å². The number of sulfone groups is 1. The Balaban J connectivity index is 1.93. The molecule has 0 heterocycles. The molecule has 1 aromatic carbocycles. The molecular formula is C14H22N2O3S. The van der Waals surface area contributed by atoms with Gasteiger partial charge in [0.05, 0.1) is 22.9 Å². The van der Waals surface area contributed by atoms with E-state index in [0.717, 1.165) is 24.8 Å². The van der Waals surface area contributed by atoms with Crippen molar-refractivity contribution >= 4 is 21.2 Å². The third-order valence-electron chi connectivity index (χ3n) is 3.46. The number of anilines is 2. The molecule has 1 aliphatic rings. The molecule has 1 aromatic rings. The molecule has 6 heteroatoms. The molecule has 0 aromatic heterocycles. The highest BCUT2D eigenvalue weighted by atomic mass is 32.2. The molecule has 0 amide bonds. The molecule has 1 fully saturated rings. The Morgan fingerprint density at radius 1 is 1.40 bits per heavy atom. The Hall–Kier alpha value is -1.27. The number of nitrogen functional groups attached to an aromatic ring is 1. The lowest BCUT2D eigenvalue weighted by molar-refractivity contribution is 0.131. The van der Waals surface area contributed by atoms with Gasteiger partial charge in [-0.2, -0.15) is 0 Å². The first-order valence-electron chi connectivity index (χ1n) is 6.76. The Morgan fingerprint density at radius 2 is 2.10 bits per heavy atom. The van der Waals surface area contributed by atoms with Gasteiger partial charge in [-0.1, -0.05) is 0 Å². The average Bonchev–Trinajstić information content (AvgIpc) is 3.17. The normalized spacial score (nSPS) is 15.3. The zero-order chi connectivity index (χ0) is 14.8. The van der Waals surface area contributed by atoms with Crippen LogP contribution < -0.4 is 10.6 Å². The number of rotatable bonds is 7. The first-order chi connectivity index (χ1) is 9.38. The molecule has 2 N–H and O–H groups in total. The van der Waals surface area contributed by atoms with E-state index in [-0.39, 0.29) is 4.90 Å². The number of benzene rings is 1. The van der Waals surface area contributed by atoms with Gasteiger partial charge >= 0.3 is 0 Å². The van der Waals surface area contributed by atoms with E-state index in [4.69, 9.17) is 10.5 Å². The Bertz CT molecular complexity index is 568. The van der Waals surface area contributed by atoms with Crippen molar-refractivity contribution in [3.63, 3.8) is 0 Å². The number of hydrogen-bond donors (Lipinski definition) is 1. The lowest BCUT2D eigenvalue weighted by atomic mass is 10.2. The van der Waals surface area contributed by atoms with E-state index >= 15 is 0 Å². The lowest BCUT2D eigenvalue weighted by Crippen LogP contribution is -2.24. The Labute approximate surface area is 120 Å². The summed E-state index contributed by atoms with van der Waals surface area (Å²) < 4.78 is 28.5. The van der Waals surface area contributed by atoms with E-state index in [0.29, 0.717) is 12.3 Å². The summed E-state index contributed by atoms with van der Waals surface area (Å²) >= 11 is 0. The second-order valence-electron chi connectivity index (χ2n) is 5.43.